The van der Waals surface area contributed by atoms with Gasteiger partial charge in [0.1, 0.15) is 5.75 Å². The van der Waals surface area contributed by atoms with E-state index in [-0.39, 0.29) is 30.8 Å². The fourth-order valence-corrected chi connectivity index (χ4v) is 1.87. The number of guanidine groups is 2. The number of halogens is 2. The molecule has 0 aromatic heterocycles. The highest BCUT2D eigenvalue weighted by atomic mass is 35.5. The van der Waals surface area contributed by atoms with Crippen LogP contribution in [0.2, 0.25) is 0 Å². The number of methoxy groups -OCH3 is 1. The molecular formula is C14H21Cl2N5O. The number of hydrogen-bond donors (Lipinski definition) is 2. The first kappa shape index (κ1) is 20.1. The molecule has 4 N–H and O–H groups in total. The number of hydrogen-bond acceptors (Lipinski definition) is 2. The molecule has 8 heteroatoms. The molecule has 22 heavy (non-hydrogen) atoms. The number of nitrogens with two attached hydrogens (primary N) is 2. The van der Waals surface area contributed by atoms with Gasteiger partial charge in [0.2, 0.25) is 5.96 Å². The minimum Gasteiger partial charge on any atom is -0.497 e. The van der Waals surface area contributed by atoms with Gasteiger partial charge in [0.15, 0.2) is 5.96 Å². The molecule has 0 spiro atoms. The van der Waals surface area contributed by atoms with Crippen molar-refractivity contribution in [3.8, 4) is 5.75 Å². The zero-order valence-corrected chi connectivity index (χ0v) is 13.9. The van der Waals surface area contributed by atoms with Crippen LogP contribution in [0.4, 0.5) is 5.69 Å². The van der Waals surface area contributed by atoms with Gasteiger partial charge in [-0.05, 0) is 18.6 Å². The summed E-state index contributed by atoms with van der Waals surface area (Å²) in [4.78, 5) is 10.3. The third-order valence-electron chi connectivity index (χ3n) is 2.91. The van der Waals surface area contributed by atoms with Crippen molar-refractivity contribution in [1.82, 2.24) is 4.90 Å². The molecule has 0 atom stereocenters. The van der Waals surface area contributed by atoms with Crippen molar-refractivity contribution >= 4 is 42.4 Å². The maximum absolute atomic E-state index is 5.92. The summed E-state index contributed by atoms with van der Waals surface area (Å²) in [7, 11) is 1.60. The lowest BCUT2D eigenvalue weighted by atomic mass is 10.3. The summed E-state index contributed by atoms with van der Waals surface area (Å²) in [6.07, 6.45) is 5.14. The van der Waals surface area contributed by atoms with Crippen molar-refractivity contribution in [3.05, 3.63) is 36.4 Å². The largest absolute Gasteiger partial charge is 0.497 e. The second-order valence-corrected chi connectivity index (χ2v) is 4.35. The van der Waals surface area contributed by atoms with Crippen LogP contribution in [0.25, 0.3) is 0 Å². The SMILES string of the molecule is COc1cccc(N=C(N)/N=C(/N)N2CC=CCC2)c1.Cl.Cl. The molecule has 1 aliphatic heterocycles. The molecule has 0 saturated carbocycles. The smallest absolute Gasteiger partial charge is 0.223 e. The summed E-state index contributed by atoms with van der Waals surface area (Å²) < 4.78 is 5.13. The Kier molecular flexibility index (Phi) is 9.05. The predicted octanol–water partition coefficient (Wildman–Crippen LogP) is 2.06. The summed E-state index contributed by atoms with van der Waals surface area (Å²) in [5.41, 5.74) is 12.4. The van der Waals surface area contributed by atoms with Crippen molar-refractivity contribution < 1.29 is 4.74 Å². The lowest BCUT2D eigenvalue weighted by molar-refractivity contribution is 0.415. The van der Waals surface area contributed by atoms with E-state index < -0.39 is 0 Å². The van der Waals surface area contributed by atoms with Crippen LogP contribution in [0.15, 0.2) is 46.4 Å². The van der Waals surface area contributed by atoms with Gasteiger partial charge in [-0.1, -0.05) is 18.2 Å². The quantitative estimate of drug-likeness (QED) is 0.487. The van der Waals surface area contributed by atoms with Crippen molar-refractivity contribution in [2.45, 2.75) is 6.42 Å². The van der Waals surface area contributed by atoms with Crippen LogP contribution < -0.4 is 16.2 Å². The van der Waals surface area contributed by atoms with Gasteiger partial charge in [-0.25, -0.2) is 4.99 Å². The average Bonchev–Trinajstić information content (AvgIpc) is 2.48. The number of rotatable bonds is 2. The van der Waals surface area contributed by atoms with Crippen LogP contribution >= 0.6 is 24.8 Å². The maximum atomic E-state index is 5.92. The van der Waals surface area contributed by atoms with Crippen LogP contribution in [0, 0.1) is 0 Å². The first-order valence-electron chi connectivity index (χ1n) is 6.41. The number of nitrogens with zero attached hydrogens (tertiary/aromatic N) is 3. The van der Waals surface area contributed by atoms with Crippen molar-refractivity contribution in [2.24, 2.45) is 21.5 Å². The van der Waals surface area contributed by atoms with Crippen molar-refractivity contribution in [3.63, 3.8) is 0 Å². The third-order valence-corrected chi connectivity index (χ3v) is 2.91. The minimum atomic E-state index is 0. The summed E-state index contributed by atoms with van der Waals surface area (Å²) >= 11 is 0. The summed E-state index contributed by atoms with van der Waals surface area (Å²) in [6.45, 7) is 1.60. The lowest BCUT2D eigenvalue weighted by Gasteiger charge is -2.23. The Morgan fingerprint density at radius 3 is 2.64 bits per heavy atom. The van der Waals surface area contributed by atoms with Crippen LogP contribution in [0.1, 0.15) is 6.42 Å². The van der Waals surface area contributed by atoms with E-state index in [1.54, 1.807) is 13.2 Å². The maximum Gasteiger partial charge on any atom is 0.223 e. The normalized spacial score (nSPS) is 14.9. The predicted molar refractivity (Wildman–Crippen MR) is 95.7 cm³/mol. The topological polar surface area (TPSA) is 89.2 Å². The molecule has 0 bridgehead atoms. The third kappa shape index (κ3) is 5.83. The van der Waals surface area contributed by atoms with Gasteiger partial charge in [0.05, 0.1) is 12.8 Å². The first-order chi connectivity index (χ1) is 9.69. The molecule has 0 fully saturated rings. The molecule has 1 aromatic rings. The monoisotopic (exact) mass is 345 g/mol. The summed E-state index contributed by atoms with van der Waals surface area (Å²) in [5.74, 6) is 1.24. The van der Waals surface area contributed by atoms with Gasteiger partial charge in [0.25, 0.3) is 0 Å². The molecule has 0 unspecified atom stereocenters. The van der Waals surface area contributed by atoms with E-state index in [4.69, 9.17) is 16.2 Å². The van der Waals surface area contributed by atoms with Crippen LogP contribution in [0.5, 0.6) is 5.75 Å². The van der Waals surface area contributed by atoms with Gasteiger partial charge in [0, 0.05) is 19.2 Å². The zero-order chi connectivity index (χ0) is 14.4. The van der Waals surface area contributed by atoms with E-state index in [0.29, 0.717) is 11.6 Å². The Morgan fingerprint density at radius 2 is 2.00 bits per heavy atom. The van der Waals surface area contributed by atoms with Gasteiger partial charge in [-0.3, -0.25) is 0 Å². The van der Waals surface area contributed by atoms with E-state index in [9.17, 15) is 0 Å². The Bertz CT molecular complexity index is 560. The Morgan fingerprint density at radius 1 is 1.23 bits per heavy atom. The summed E-state index contributed by atoms with van der Waals surface area (Å²) in [6, 6.07) is 7.28. The number of aliphatic imine (C=N–C) groups is 2. The highest BCUT2D eigenvalue weighted by molar-refractivity contribution is 5.94. The Labute approximate surface area is 142 Å². The van der Waals surface area contributed by atoms with E-state index in [2.05, 4.69) is 22.1 Å². The van der Waals surface area contributed by atoms with Gasteiger partial charge in [-0.15, -0.1) is 24.8 Å². The minimum absolute atomic E-state index is 0. The van der Waals surface area contributed by atoms with Gasteiger partial charge >= 0.3 is 0 Å². The van der Waals surface area contributed by atoms with Crippen LogP contribution in [-0.4, -0.2) is 37.0 Å². The first-order valence-corrected chi connectivity index (χ1v) is 6.41. The van der Waals surface area contributed by atoms with Gasteiger partial charge < -0.3 is 21.1 Å². The number of ether oxygens (including phenoxy) is 1. The standard InChI is InChI=1S/C14H19N5O.2ClH/c1-20-12-7-5-6-11(10-12)17-13(15)18-14(16)19-8-3-2-4-9-19;;/h2-3,5-7,10H,4,8-9H2,1H3,(H4,15,16,17,18);2*1H. The van der Waals surface area contributed by atoms with E-state index >= 15 is 0 Å². The van der Waals surface area contributed by atoms with E-state index in [1.807, 2.05) is 23.1 Å². The van der Waals surface area contributed by atoms with Crippen molar-refractivity contribution in [1.29, 1.82) is 0 Å². The van der Waals surface area contributed by atoms with Crippen LogP contribution in [0.3, 0.4) is 0 Å². The molecule has 2 rings (SSSR count). The molecule has 0 aliphatic carbocycles. The van der Waals surface area contributed by atoms with Gasteiger partial charge in [-0.2, -0.15) is 4.99 Å². The highest BCUT2D eigenvalue weighted by Gasteiger charge is 2.08. The molecule has 122 valence electrons. The Balaban J connectivity index is 0.00000220. The number of benzene rings is 1. The molecule has 0 saturated heterocycles. The zero-order valence-electron chi connectivity index (χ0n) is 12.3. The molecule has 6 nitrogen and oxygen atoms in total. The molecule has 0 radical (unpaired) electrons. The second kappa shape index (κ2) is 9.92. The molecule has 0 amide bonds. The van der Waals surface area contributed by atoms with E-state index in [0.717, 1.165) is 25.3 Å². The van der Waals surface area contributed by atoms with E-state index in [1.165, 1.54) is 0 Å². The highest BCUT2D eigenvalue weighted by Crippen LogP contribution is 2.19. The van der Waals surface area contributed by atoms with Crippen LogP contribution in [-0.2, 0) is 0 Å². The summed E-state index contributed by atoms with van der Waals surface area (Å²) in [5, 5.41) is 0. The molecular weight excluding hydrogens is 325 g/mol. The molecule has 1 aromatic carbocycles. The average molecular weight is 346 g/mol. The Hall–Kier alpha value is -1.92. The molecule has 1 heterocycles. The fraction of sp³-hybridized carbons (Fsp3) is 0.286. The fourth-order valence-electron chi connectivity index (χ4n) is 1.87. The lowest BCUT2D eigenvalue weighted by Crippen LogP contribution is -2.40. The van der Waals surface area contributed by atoms with Crippen molar-refractivity contribution in [2.75, 3.05) is 20.2 Å². The molecule has 1 aliphatic rings. The second-order valence-electron chi connectivity index (χ2n) is 4.35.